The van der Waals surface area contributed by atoms with Gasteiger partial charge in [-0.05, 0) is 58.1 Å². The van der Waals surface area contributed by atoms with E-state index in [1.165, 1.54) is 0 Å². The number of halogens is 1. The molecule has 0 fully saturated rings. The summed E-state index contributed by atoms with van der Waals surface area (Å²) in [6.45, 7) is 11.4. The summed E-state index contributed by atoms with van der Waals surface area (Å²) in [5.41, 5.74) is 0.0779. The maximum absolute atomic E-state index is 12.8. The maximum Gasteiger partial charge on any atom is 0.241 e. The van der Waals surface area contributed by atoms with Gasteiger partial charge < -0.3 is 15.7 Å². The molecule has 0 bridgehead atoms. The number of rotatable bonds is 11. The molecule has 4 N–H and O–H groups in total. The van der Waals surface area contributed by atoms with Crippen molar-refractivity contribution in [3.63, 3.8) is 0 Å². The summed E-state index contributed by atoms with van der Waals surface area (Å²) < 4.78 is 28.3. The van der Waals surface area contributed by atoms with Gasteiger partial charge in [0.05, 0.1) is 11.4 Å². The molecule has 0 saturated carbocycles. The number of hydrogen-bond donors (Lipinski definition) is 4. The van der Waals surface area contributed by atoms with E-state index in [1.807, 2.05) is 33.8 Å². The number of sulfonamides is 1. The summed E-state index contributed by atoms with van der Waals surface area (Å²) in [5.74, 6) is 1.01. The van der Waals surface area contributed by atoms with Gasteiger partial charge in [0.15, 0.2) is 5.96 Å². The molecule has 0 aliphatic heterocycles. The lowest BCUT2D eigenvalue weighted by Crippen LogP contribution is -2.41. The third kappa shape index (κ3) is 10.9. The molecule has 1 unspecified atom stereocenters. The van der Waals surface area contributed by atoms with Crippen LogP contribution >= 0.6 is 24.0 Å². The summed E-state index contributed by atoms with van der Waals surface area (Å²) in [4.78, 5) is 4.84. The number of guanidine groups is 1. The first-order valence-corrected chi connectivity index (χ1v) is 11.9. The first-order valence-electron chi connectivity index (χ1n) is 10.4. The monoisotopic (exact) mass is 554 g/mol. The Kier molecular flexibility index (Phi) is 13.8. The average Bonchev–Trinajstić information content (AvgIpc) is 2.62. The van der Waals surface area contributed by atoms with Gasteiger partial charge in [0, 0.05) is 25.2 Å². The Morgan fingerprint density at radius 1 is 1.13 bits per heavy atom. The molecule has 1 aromatic rings. The molecular weight excluding hydrogens is 515 g/mol. The number of hydrogen-bond acceptors (Lipinski definition) is 4. The van der Waals surface area contributed by atoms with Crippen LogP contribution in [0, 0.1) is 5.92 Å². The van der Waals surface area contributed by atoms with Gasteiger partial charge in [-0.2, -0.15) is 0 Å². The highest BCUT2D eigenvalue weighted by Crippen LogP contribution is 2.18. The van der Waals surface area contributed by atoms with Crippen molar-refractivity contribution in [1.82, 2.24) is 15.4 Å². The van der Waals surface area contributed by atoms with Gasteiger partial charge in [-0.25, -0.2) is 18.1 Å². The van der Waals surface area contributed by atoms with E-state index < -0.39 is 15.6 Å². The summed E-state index contributed by atoms with van der Waals surface area (Å²) in [6.07, 6.45) is 2.85. The fourth-order valence-electron chi connectivity index (χ4n) is 3.04. The molecule has 7 nitrogen and oxygen atoms in total. The van der Waals surface area contributed by atoms with Gasteiger partial charge in [-0.15, -0.1) is 24.0 Å². The van der Waals surface area contributed by atoms with E-state index in [2.05, 4.69) is 27.3 Å². The van der Waals surface area contributed by atoms with Crippen molar-refractivity contribution in [2.45, 2.75) is 70.9 Å². The molecule has 0 amide bonds. The van der Waals surface area contributed by atoms with Crippen molar-refractivity contribution in [2.75, 3.05) is 19.7 Å². The fourth-order valence-corrected chi connectivity index (χ4v) is 4.69. The van der Waals surface area contributed by atoms with E-state index in [0.29, 0.717) is 30.5 Å². The molecule has 0 aromatic heterocycles. The number of nitrogens with zero attached hydrogens (tertiary/aromatic N) is 1. The summed E-state index contributed by atoms with van der Waals surface area (Å²) in [7, 11) is -3.64. The maximum atomic E-state index is 12.8. The number of benzene rings is 1. The molecule has 174 valence electrons. The average molecular weight is 555 g/mol. The molecule has 1 rings (SSSR count). The van der Waals surface area contributed by atoms with E-state index in [-0.39, 0.29) is 42.0 Å². The Balaban J connectivity index is 0.00000841. The highest BCUT2D eigenvalue weighted by atomic mass is 127. The van der Waals surface area contributed by atoms with Gasteiger partial charge in [-0.3, -0.25) is 0 Å². The van der Waals surface area contributed by atoms with Crippen molar-refractivity contribution in [3.8, 4) is 0 Å². The first kappa shape index (κ1) is 29.1. The minimum absolute atomic E-state index is 0. The molecule has 0 spiro atoms. The Morgan fingerprint density at radius 2 is 1.80 bits per heavy atom. The highest BCUT2D eigenvalue weighted by molar-refractivity contribution is 14.0. The molecule has 0 heterocycles. The van der Waals surface area contributed by atoms with Crippen LogP contribution in [0.4, 0.5) is 0 Å². The van der Waals surface area contributed by atoms with E-state index in [9.17, 15) is 13.5 Å². The van der Waals surface area contributed by atoms with Crippen molar-refractivity contribution >= 4 is 40.0 Å². The van der Waals surface area contributed by atoms with Crippen LogP contribution in [0.15, 0.2) is 34.2 Å². The van der Waals surface area contributed by atoms with E-state index in [0.717, 1.165) is 19.3 Å². The van der Waals surface area contributed by atoms with Crippen LogP contribution in [-0.2, 0) is 16.6 Å². The van der Waals surface area contributed by atoms with E-state index in [4.69, 9.17) is 0 Å². The SMILES string of the molecule is CCCC(CCO)CNC(=NCc1ccccc1S(=O)(=O)NC(C)(C)C)NCC.I. The molecule has 0 aliphatic rings. The highest BCUT2D eigenvalue weighted by Gasteiger charge is 2.24. The molecular formula is C21H39IN4O3S. The van der Waals surface area contributed by atoms with Crippen LogP contribution in [-0.4, -0.2) is 44.7 Å². The largest absolute Gasteiger partial charge is 0.396 e. The second kappa shape index (κ2) is 14.2. The molecule has 30 heavy (non-hydrogen) atoms. The molecule has 0 saturated heterocycles. The third-order valence-electron chi connectivity index (χ3n) is 4.25. The third-order valence-corrected chi connectivity index (χ3v) is 6.11. The Labute approximate surface area is 199 Å². The fraction of sp³-hybridized carbons (Fsp3) is 0.667. The van der Waals surface area contributed by atoms with Crippen LogP contribution in [0.1, 0.15) is 59.4 Å². The van der Waals surface area contributed by atoms with E-state index in [1.54, 1.807) is 18.2 Å². The van der Waals surface area contributed by atoms with Gasteiger partial charge in [0.1, 0.15) is 0 Å². The normalized spacial score (nSPS) is 13.5. The lowest BCUT2D eigenvalue weighted by molar-refractivity contribution is 0.251. The Bertz CT molecular complexity index is 743. The Hall–Kier alpha value is -0.910. The summed E-state index contributed by atoms with van der Waals surface area (Å²) >= 11 is 0. The minimum Gasteiger partial charge on any atom is -0.396 e. The molecule has 0 radical (unpaired) electrons. The topological polar surface area (TPSA) is 103 Å². The first-order chi connectivity index (χ1) is 13.6. The van der Waals surface area contributed by atoms with Crippen molar-refractivity contribution < 1.29 is 13.5 Å². The van der Waals surface area contributed by atoms with Crippen LogP contribution in [0.25, 0.3) is 0 Å². The Morgan fingerprint density at radius 3 is 2.37 bits per heavy atom. The lowest BCUT2D eigenvalue weighted by Gasteiger charge is -2.21. The second-order valence-corrected chi connectivity index (χ2v) is 9.86. The molecule has 9 heteroatoms. The molecule has 1 aromatic carbocycles. The van der Waals surface area contributed by atoms with Gasteiger partial charge >= 0.3 is 0 Å². The number of aliphatic hydroxyl groups excluding tert-OH is 1. The van der Waals surface area contributed by atoms with Crippen LogP contribution < -0.4 is 15.4 Å². The van der Waals surface area contributed by atoms with Crippen LogP contribution in [0.2, 0.25) is 0 Å². The number of aliphatic hydroxyl groups is 1. The van der Waals surface area contributed by atoms with Crippen molar-refractivity contribution in [1.29, 1.82) is 0 Å². The van der Waals surface area contributed by atoms with Gasteiger partial charge in [-0.1, -0.05) is 31.5 Å². The molecule has 1 atom stereocenters. The van der Waals surface area contributed by atoms with Crippen LogP contribution in [0.3, 0.4) is 0 Å². The standard InChI is InChI=1S/C21H38N4O3S.HI/c1-6-10-17(13-14-26)15-23-20(22-7-2)24-16-18-11-8-9-12-19(18)29(27,28)25-21(3,4)5;/h8-9,11-12,17,25-26H,6-7,10,13-16H2,1-5H3,(H2,22,23,24);1H. The predicted octanol–water partition coefficient (Wildman–Crippen LogP) is 3.24. The van der Waals surface area contributed by atoms with Gasteiger partial charge in [0.2, 0.25) is 10.0 Å². The smallest absolute Gasteiger partial charge is 0.241 e. The molecule has 0 aliphatic carbocycles. The quantitative estimate of drug-likeness (QED) is 0.191. The summed E-state index contributed by atoms with van der Waals surface area (Å²) in [5, 5.41) is 15.8. The number of aliphatic imine (C=N–C) groups is 1. The summed E-state index contributed by atoms with van der Waals surface area (Å²) in [6, 6.07) is 6.94. The van der Waals surface area contributed by atoms with Gasteiger partial charge in [0.25, 0.3) is 0 Å². The van der Waals surface area contributed by atoms with Crippen LogP contribution in [0.5, 0.6) is 0 Å². The minimum atomic E-state index is -3.64. The number of nitrogens with one attached hydrogen (secondary N) is 3. The second-order valence-electron chi connectivity index (χ2n) is 8.21. The lowest BCUT2D eigenvalue weighted by atomic mass is 10.0. The predicted molar refractivity (Wildman–Crippen MR) is 135 cm³/mol. The zero-order valence-corrected chi connectivity index (χ0v) is 22.0. The van der Waals surface area contributed by atoms with Crippen molar-refractivity contribution in [3.05, 3.63) is 29.8 Å². The van der Waals surface area contributed by atoms with E-state index >= 15 is 0 Å². The zero-order chi connectivity index (χ0) is 21.9. The van der Waals surface area contributed by atoms with Crippen molar-refractivity contribution in [2.24, 2.45) is 10.9 Å². The zero-order valence-electron chi connectivity index (χ0n) is 18.9.